The summed E-state index contributed by atoms with van der Waals surface area (Å²) in [6.07, 6.45) is 0.757. The highest BCUT2D eigenvalue weighted by Crippen LogP contribution is 2.36. The highest BCUT2D eigenvalue weighted by atomic mass is 32.2. The maximum atomic E-state index is 13.4. The highest BCUT2D eigenvalue weighted by molar-refractivity contribution is 7.91. The topological polar surface area (TPSA) is 60.2 Å². The fraction of sp³-hybridized carbons (Fsp3) is 0.200. The summed E-state index contributed by atoms with van der Waals surface area (Å²) < 4.78 is 38.0. The minimum atomic E-state index is -3.50. The lowest BCUT2D eigenvalue weighted by atomic mass is 9.79. The quantitative estimate of drug-likeness (QED) is 0.884. The maximum absolute atomic E-state index is 13.4. The largest absolute Gasteiger partial charge is 0.396 e. The number of rotatable bonds is 3. The van der Waals surface area contributed by atoms with Gasteiger partial charge >= 0.3 is 0 Å². The van der Waals surface area contributed by atoms with Gasteiger partial charge in [-0.05, 0) is 35.7 Å². The van der Waals surface area contributed by atoms with Gasteiger partial charge in [-0.25, -0.2) is 12.8 Å². The lowest BCUT2D eigenvalue weighted by Crippen LogP contribution is -2.25. The molecule has 0 heterocycles. The lowest BCUT2D eigenvalue weighted by Gasteiger charge is -2.29. The molecule has 1 aliphatic carbocycles. The van der Waals surface area contributed by atoms with E-state index in [1.54, 1.807) is 0 Å². The molecule has 3 rings (SSSR count). The number of hydrogen-bond donors (Lipinski definition) is 1. The van der Waals surface area contributed by atoms with Crippen molar-refractivity contribution < 1.29 is 12.8 Å². The van der Waals surface area contributed by atoms with Crippen LogP contribution in [0.2, 0.25) is 0 Å². The normalized spacial score (nSPS) is 17.4. The zero-order valence-electron chi connectivity index (χ0n) is 10.7. The van der Waals surface area contributed by atoms with Crippen molar-refractivity contribution in [3.05, 3.63) is 59.4 Å². The molecule has 1 atom stereocenters. The second kappa shape index (κ2) is 4.59. The molecule has 0 saturated heterocycles. The summed E-state index contributed by atoms with van der Waals surface area (Å²) in [7, 11) is -3.50. The maximum Gasteiger partial charge on any atom is 0.179 e. The van der Waals surface area contributed by atoms with Gasteiger partial charge < -0.3 is 5.73 Å². The fourth-order valence-corrected chi connectivity index (χ4v) is 4.15. The second-order valence-electron chi connectivity index (χ2n) is 5.06. The van der Waals surface area contributed by atoms with E-state index in [0.29, 0.717) is 0 Å². The summed E-state index contributed by atoms with van der Waals surface area (Å²) in [6, 6.07) is 11.4. The van der Waals surface area contributed by atoms with Gasteiger partial charge in [-0.2, -0.15) is 0 Å². The number of nitrogens with two attached hydrogens (primary N) is 1. The van der Waals surface area contributed by atoms with Gasteiger partial charge in [0.2, 0.25) is 0 Å². The third-order valence-electron chi connectivity index (χ3n) is 3.71. The number of sulfone groups is 1. The Kier molecular flexibility index (Phi) is 3.01. The predicted octanol–water partition coefficient (Wildman–Crippen LogP) is 2.52. The standard InChI is InChI=1S/C15H14FNO2S/c16-14-8-12(5-6-15(14)17)20(18,19)9-11-7-10-3-1-2-4-13(10)11/h1-6,8,11H,7,9,17H2. The van der Waals surface area contributed by atoms with E-state index in [2.05, 4.69) is 0 Å². The monoisotopic (exact) mass is 291 g/mol. The molecule has 1 unspecified atom stereocenters. The van der Waals surface area contributed by atoms with E-state index in [1.807, 2.05) is 24.3 Å². The molecule has 3 nitrogen and oxygen atoms in total. The molecule has 104 valence electrons. The van der Waals surface area contributed by atoms with Gasteiger partial charge in [-0.1, -0.05) is 24.3 Å². The molecule has 2 N–H and O–H groups in total. The van der Waals surface area contributed by atoms with E-state index < -0.39 is 15.7 Å². The lowest BCUT2D eigenvalue weighted by molar-refractivity contribution is 0.574. The first-order valence-electron chi connectivity index (χ1n) is 6.33. The molecule has 0 aliphatic heterocycles. The molecule has 0 fully saturated rings. The molecule has 0 bridgehead atoms. The molecule has 0 aromatic heterocycles. The predicted molar refractivity (Wildman–Crippen MR) is 75.8 cm³/mol. The van der Waals surface area contributed by atoms with Crippen LogP contribution >= 0.6 is 0 Å². The van der Waals surface area contributed by atoms with Gasteiger partial charge in [-0.3, -0.25) is 0 Å². The molecule has 0 spiro atoms. The SMILES string of the molecule is Nc1ccc(S(=O)(=O)CC2Cc3ccccc32)cc1F. The Labute approximate surface area is 117 Å². The first-order chi connectivity index (χ1) is 9.47. The second-order valence-corrected chi connectivity index (χ2v) is 7.10. The van der Waals surface area contributed by atoms with Gasteiger partial charge in [0.1, 0.15) is 5.82 Å². The minimum Gasteiger partial charge on any atom is -0.396 e. The van der Waals surface area contributed by atoms with Crippen molar-refractivity contribution in [2.24, 2.45) is 0 Å². The number of benzene rings is 2. The van der Waals surface area contributed by atoms with Crippen molar-refractivity contribution >= 4 is 15.5 Å². The van der Waals surface area contributed by atoms with Crippen molar-refractivity contribution in [2.45, 2.75) is 17.2 Å². The van der Waals surface area contributed by atoms with E-state index in [1.165, 1.54) is 17.7 Å². The third kappa shape index (κ3) is 2.18. The smallest absolute Gasteiger partial charge is 0.179 e. The first kappa shape index (κ1) is 13.1. The zero-order valence-corrected chi connectivity index (χ0v) is 11.5. The summed E-state index contributed by atoms with van der Waals surface area (Å²) in [5, 5.41) is 0. The number of hydrogen-bond acceptors (Lipinski definition) is 3. The Hall–Kier alpha value is -1.88. The highest BCUT2D eigenvalue weighted by Gasteiger charge is 2.31. The number of nitrogen functional groups attached to an aromatic ring is 1. The van der Waals surface area contributed by atoms with Gasteiger partial charge in [0.25, 0.3) is 0 Å². The Morgan fingerprint density at radius 2 is 1.95 bits per heavy atom. The van der Waals surface area contributed by atoms with Crippen LogP contribution in [0.25, 0.3) is 0 Å². The van der Waals surface area contributed by atoms with Gasteiger partial charge in [0.15, 0.2) is 9.84 Å². The van der Waals surface area contributed by atoms with Crippen molar-refractivity contribution in [3.63, 3.8) is 0 Å². The third-order valence-corrected chi connectivity index (χ3v) is 5.53. The zero-order chi connectivity index (χ0) is 14.3. The van der Waals surface area contributed by atoms with Crippen LogP contribution in [0.15, 0.2) is 47.4 Å². The van der Waals surface area contributed by atoms with Gasteiger partial charge in [0, 0.05) is 5.92 Å². The molecular formula is C15H14FNO2S. The fourth-order valence-electron chi connectivity index (χ4n) is 2.57. The average molecular weight is 291 g/mol. The van der Waals surface area contributed by atoms with Crippen LogP contribution in [0, 0.1) is 5.82 Å². The van der Waals surface area contributed by atoms with E-state index in [-0.39, 0.29) is 22.3 Å². The van der Waals surface area contributed by atoms with E-state index in [4.69, 9.17) is 5.73 Å². The summed E-state index contributed by atoms with van der Waals surface area (Å²) in [4.78, 5) is -0.00594. The van der Waals surface area contributed by atoms with E-state index >= 15 is 0 Å². The van der Waals surface area contributed by atoms with Crippen LogP contribution < -0.4 is 5.73 Å². The number of halogens is 1. The molecule has 2 aromatic rings. The first-order valence-corrected chi connectivity index (χ1v) is 7.98. The van der Waals surface area contributed by atoms with Crippen molar-refractivity contribution in [1.82, 2.24) is 0 Å². The number of anilines is 1. The molecule has 1 aliphatic rings. The Bertz CT molecular complexity index is 771. The van der Waals surface area contributed by atoms with Gasteiger partial charge in [-0.15, -0.1) is 0 Å². The van der Waals surface area contributed by atoms with E-state index in [9.17, 15) is 12.8 Å². The van der Waals surface area contributed by atoms with Gasteiger partial charge in [0.05, 0.1) is 16.3 Å². The van der Waals surface area contributed by atoms with Crippen LogP contribution in [-0.4, -0.2) is 14.2 Å². The van der Waals surface area contributed by atoms with Crippen molar-refractivity contribution in [2.75, 3.05) is 11.5 Å². The van der Waals surface area contributed by atoms with E-state index in [0.717, 1.165) is 18.1 Å². The average Bonchev–Trinajstić information content (AvgIpc) is 2.39. The van der Waals surface area contributed by atoms with Crippen LogP contribution in [-0.2, 0) is 16.3 Å². The summed E-state index contributed by atoms with van der Waals surface area (Å²) in [5.41, 5.74) is 7.59. The van der Waals surface area contributed by atoms with Crippen molar-refractivity contribution in [1.29, 1.82) is 0 Å². The Morgan fingerprint density at radius 1 is 1.20 bits per heavy atom. The van der Waals surface area contributed by atoms with Crippen molar-refractivity contribution in [3.8, 4) is 0 Å². The molecule has 5 heteroatoms. The Morgan fingerprint density at radius 3 is 2.65 bits per heavy atom. The summed E-state index contributed by atoms with van der Waals surface area (Å²) >= 11 is 0. The molecule has 0 amide bonds. The molecule has 0 saturated carbocycles. The molecular weight excluding hydrogens is 277 g/mol. The Balaban J connectivity index is 1.86. The molecule has 0 radical (unpaired) electrons. The van der Waals surface area contributed by atoms with Crippen LogP contribution in [0.4, 0.5) is 10.1 Å². The summed E-state index contributed by atoms with van der Waals surface area (Å²) in [6.45, 7) is 0. The summed E-state index contributed by atoms with van der Waals surface area (Å²) in [5.74, 6) is -0.690. The minimum absolute atomic E-state index is 0.00295. The van der Waals surface area contributed by atoms with Crippen LogP contribution in [0.5, 0.6) is 0 Å². The molecule has 2 aromatic carbocycles. The molecule has 20 heavy (non-hydrogen) atoms. The van der Waals surface area contributed by atoms with Crippen LogP contribution in [0.3, 0.4) is 0 Å². The number of fused-ring (bicyclic) bond motifs is 1. The van der Waals surface area contributed by atoms with Crippen LogP contribution in [0.1, 0.15) is 17.0 Å².